The smallest absolute Gasteiger partial charge is 0.347 e. The van der Waals surface area contributed by atoms with Crippen molar-refractivity contribution in [2.45, 2.75) is 0 Å². The molecule has 0 atom stereocenters. The summed E-state index contributed by atoms with van der Waals surface area (Å²) in [7, 11) is 0. The zero-order chi connectivity index (χ0) is 41.6. The van der Waals surface area contributed by atoms with E-state index in [1.807, 2.05) is 0 Å². The fraction of sp³-hybridized carbons (Fsp3) is 0. The van der Waals surface area contributed by atoms with Gasteiger partial charge in [-0.2, -0.15) is 0 Å². The summed E-state index contributed by atoms with van der Waals surface area (Å²) < 4.78 is 22.9. The number of cyclic esters (lactones) is 4. The van der Waals surface area contributed by atoms with E-state index in [4.69, 9.17) is 9.47 Å². The molecule has 4 heterocycles. The second kappa shape index (κ2) is 13.1. The third kappa shape index (κ3) is 5.26. The minimum absolute atomic E-state index is 0.0325. The Morgan fingerprint density at radius 3 is 1.32 bits per heavy atom. The highest BCUT2D eigenvalue weighted by Crippen LogP contribution is 2.34. The molecule has 0 aliphatic carbocycles. The number of benzene rings is 6. The van der Waals surface area contributed by atoms with Gasteiger partial charge in [0.2, 0.25) is 0 Å². The average molecular weight is 797 g/mol. The Hall–Kier alpha value is -8.85. The third-order valence-corrected chi connectivity index (χ3v) is 10.2. The molecule has 15 heteroatoms. The molecule has 10 rings (SSSR count). The van der Waals surface area contributed by atoms with E-state index in [1.54, 1.807) is 30.3 Å². The molecule has 2 aromatic heterocycles. The number of esters is 4. The number of hydrogen-bond donors (Lipinski definition) is 0. The molecule has 0 bridgehead atoms. The standard InChI is InChI=1S/C45H20N2O13/c48-37(21-8-2-1-3-9-21)36-34-28(38(49)46(40(34)51)30-10-4-6-12-32(30)57-22-14-16-24-26(18-22)44(55)59-42(24)53)20-29-35(36)41(52)47(39(29)50)31-11-5-7-13-33(31)58-23-15-17-25-27(19-23)45(56)60-43(25)54/h1-20H. The quantitative estimate of drug-likeness (QED) is 0.109. The van der Waals surface area contributed by atoms with E-state index < -0.39 is 68.2 Å². The van der Waals surface area contributed by atoms with Crippen LogP contribution in [0.2, 0.25) is 0 Å². The van der Waals surface area contributed by atoms with Crippen molar-refractivity contribution in [3.05, 3.63) is 196 Å². The van der Waals surface area contributed by atoms with Gasteiger partial charge in [-0.25, -0.2) is 28.3 Å². The maximum atomic E-state index is 14.6. The van der Waals surface area contributed by atoms with Crippen molar-refractivity contribution in [1.82, 2.24) is 9.13 Å². The fourth-order valence-corrected chi connectivity index (χ4v) is 7.48. The Balaban J connectivity index is 1.16. The van der Waals surface area contributed by atoms with Crippen LogP contribution in [-0.2, 0) is 9.47 Å². The molecule has 0 saturated carbocycles. The zero-order valence-electron chi connectivity index (χ0n) is 30.2. The van der Waals surface area contributed by atoms with Crippen LogP contribution in [0.15, 0.2) is 141 Å². The van der Waals surface area contributed by atoms with E-state index in [0.29, 0.717) is 0 Å². The number of carbonyl (C=O) groups is 5. The van der Waals surface area contributed by atoms with E-state index in [0.717, 1.165) is 15.2 Å². The lowest BCUT2D eigenvalue weighted by Gasteiger charge is -2.11. The van der Waals surface area contributed by atoms with Gasteiger partial charge in [-0.15, -0.1) is 0 Å². The molecule has 0 spiro atoms. The first-order valence-electron chi connectivity index (χ1n) is 17.9. The Kier molecular flexibility index (Phi) is 7.77. The number of para-hydroxylation sites is 4. The molecule has 0 amide bonds. The summed E-state index contributed by atoms with van der Waals surface area (Å²) in [5, 5.41) is -1.51. The number of carbonyl (C=O) groups excluding carboxylic acids is 5. The van der Waals surface area contributed by atoms with Crippen LogP contribution in [0.4, 0.5) is 0 Å². The second-order valence-corrected chi connectivity index (χ2v) is 13.6. The Morgan fingerprint density at radius 1 is 0.433 bits per heavy atom. The van der Waals surface area contributed by atoms with Gasteiger partial charge in [0.25, 0.3) is 22.2 Å². The summed E-state index contributed by atoms with van der Waals surface area (Å²) in [6, 6.07) is 28.7. The van der Waals surface area contributed by atoms with Crippen LogP contribution in [0.3, 0.4) is 0 Å². The predicted octanol–water partition coefficient (Wildman–Crippen LogP) is 5.33. The molecule has 2 aliphatic heterocycles. The highest BCUT2D eigenvalue weighted by atomic mass is 16.6. The summed E-state index contributed by atoms with van der Waals surface area (Å²) in [5.41, 5.74) is -4.44. The van der Waals surface area contributed by atoms with Crippen LogP contribution in [0.1, 0.15) is 57.4 Å². The third-order valence-electron chi connectivity index (χ3n) is 10.2. The summed E-state index contributed by atoms with van der Waals surface area (Å²) in [6.07, 6.45) is 0. The van der Waals surface area contributed by atoms with E-state index in [2.05, 4.69) is 9.47 Å². The molecule has 6 aromatic carbocycles. The molecule has 60 heavy (non-hydrogen) atoms. The largest absolute Gasteiger partial charge is 0.455 e. The maximum absolute atomic E-state index is 14.6. The van der Waals surface area contributed by atoms with Crippen LogP contribution in [0, 0.1) is 0 Å². The summed E-state index contributed by atoms with van der Waals surface area (Å²) in [5.74, 6) is -4.13. The minimum Gasteiger partial charge on any atom is -0.455 e. The van der Waals surface area contributed by atoms with Crippen molar-refractivity contribution in [1.29, 1.82) is 0 Å². The highest BCUT2D eigenvalue weighted by molar-refractivity contribution is 6.24. The maximum Gasteiger partial charge on any atom is 0.347 e. The molecule has 15 nitrogen and oxygen atoms in total. The molecule has 0 unspecified atom stereocenters. The molecular formula is C45H20N2O13. The van der Waals surface area contributed by atoms with E-state index in [1.165, 1.54) is 84.9 Å². The number of ketones is 1. The average Bonchev–Trinajstić information content (AvgIpc) is 3.89. The van der Waals surface area contributed by atoms with Gasteiger partial charge in [0.05, 0.1) is 55.2 Å². The fourth-order valence-electron chi connectivity index (χ4n) is 7.48. The monoisotopic (exact) mass is 796 g/mol. The van der Waals surface area contributed by atoms with Crippen molar-refractivity contribution in [3.8, 4) is 34.4 Å². The topological polar surface area (TPSA) is 200 Å². The van der Waals surface area contributed by atoms with Gasteiger partial charge >= 0.3 is 23.9 Å². The second-order valence-electron chi connectivity index (χ2n) is 13.6. The van der Waals surface area contributed by atoms with Gasteiger partial charge in [-0.3, -0.25) is 24.0 Å². The molecule has 0 fully saturated rings. The Morgan fingerprint density at radius 2 is 0.850 bits per heavy atom. The lowest BCUT2D eigenvalue weighted by Crippen LogP contribution is -2.25. The number of rotatable bonds is 8. The van der Waals surface area contributed by atoms with Crippen LogP contribution in [0.5, 0.6) is 23.0 Å². The molecule has 288 valence electrons. The van der Waals surface area contributed by atoms with Crippen LogP contribution >= 0.6 is 0 Å². The molecular weight excluding hydrogens is 776 g/mol. The summed E-state index contributed by atoms with van der Waals surface area (Å²) >= 11 is 0. The van der Waals surface area contributed by atoms with Crippen molar-refractivity contribution in [2.24, 2.45) is 0 Å². The zero-order valence-corrected chi connectivity index (χ0v) is 30.2. The molecule has 2 aliphatic rings. The van der Waals surface area contributed by atoms with E-state index >= 15 is 0 Å². The lowest BCUT2D eigenvalue weighted by molar-refractivity contribution is 0.0425. The normalized spacial score (nSPS) is 13.1. The van der Waals surface area contributed by atoms with Crippen molar-refractivity contribution in [3.63, 3.8) is 0 Å². The van der Waals surface area contributed by atoms with E-state index in [-0.39, 0.29) is 73.0 Å². The molecule has 8 aromatic rings. The number of ether oxygens (including phenoxy) is 4. The van der Waals surface area contributed by atoms with Crippen LogP contribution < -0.4 is 31.7 Å². The minimum atomic E-state index is -0.993. The van der Waals surface area contributed by atoms with Crippen LogP contribution in [-0.4, -0.2) is 38.8 Å². The van der Waals surface area contributed by atoms with Crippen molar-refractivity contribution < 1.29 is 42.9 Å². The molecule has 0 N–H and O–H groups in total. The SMILES string of the molecule is O=C1OC(=O)c2cc(Oc3ccccc3-n3c(=O)c4cc5c(=O)n(-c6ccccc6Oc6ccc7c(c6)C(=O)OC7=O)c(=O)c5c(C(=O)c5ccccc5)c4c3=O)ccc21. The van der Waals surface area contributed by atoms with Gasteiger partial charge in [-0.1, -0.05) is 54.6 Å². The summed E-state index contributed by atoms with van der Waals surface area (Å²) in [4.78, 5) is 121. The first-order chi connectivity index (χ1) is 29.0. The predicted molar refractivity (Wildman–Crippen MR) is 210 cm³/mol. The van der Waals surface area contributed by atoms with Crippen molar-refractivity contribution in [2.75, 3.05) is 0 Å². The van der Waals surface area contributed by atoms with Gasteiger partial charge in [0.15, 0.2) is 17.3 Å². The first kappa shape index (κ1) is 35.6. The highest BCUT2D eigenvalue weighted by Gasteiger charge is 2.33. The number of nitrogens with zero attached hydrogens (tertiary/aromatic N) is 2. The molecule has 0 radical (unpaired) electrons. The number of hydrogen-bond acceptors (Lipinski definition) is 13. The van der Waals surface area contributed by atoms with Gasteiger partial charge in [0, 0.05) is 11.1 Å². The Bertz CT molecular complexity index is 3310. The number of fused-ring (bicyclic) bond motifs is 4. The Labute approximate surface area is 333 Å². The van der Waals surface area contributed by atoms with Gasteiger partial charge < -0.3 is 18.9 Å². The first-order valence-corrected chi connectivity index (χ1v) is 17.9. The number of aromatic nitrogens is 2. The van der Waals surface area contributed by atoms with Crippen LogP contribution in [0.25, 0.3) is 32.9 Å². The summed E-state index contributed by atoms with van der Waals surface area (Å²) in [6.45, 7) is 0. The van der Waals surface area contributed by atoms with E-state index in [9.17, 15) is 43.2 Å². The lowest BCUT2D eigenvalue weighted by atomic mass is 9.95. The van der Waals surface area contributed by atoms with Gasteiger partial charge in [-0.05, 0) is 66.7 Å². The van der Waals surface area contributed by atoms with Gasteiger partial charge in [0.1, 0.15) is 11.5 Å². The van der Waals surface area contributed by atoms with Crippen molar-refractivity contribution >= 4 is 51.2 Å². The molecule has 0 saturated heterocycles.